The van der Waals surface area contributed by atoms with Crippen molar-refractivity contribution in [3.05, 3.63) is 78.9 Å². The number of hydrogen-bond donors (Lipinski definition) is 0. The zero-order valence-corrected chi connectivity index (χ0v) is 13.4. The number of imidazole rings is 2. The van der Waals surface area contributed by atoms with Crippen molar-refractivity contribution in [1.82, 2.24) is 19.1 Å². The molecule has 25 heavy (non-hydrogen) atoms. The number of pyridine rings is 2. The molecule has 0 unspecified atom stereocenters. The Hall–Kier alpha value is -3.47. The summed E-state index contributed by atoms with van der Waals surface area (Å²) in [6, 6.07) is 16.7. The summed E-state index contributed by atoms with van der Waals surface area (Å²) in [5.41, 5.74) is 6.91. The van der Waals surface area contributed by atoms with Crippen molar-refractivity contribution in [2.45, 2.75) is 6.54 Å². The summed E-state index contributed by atoms with van der Waals surface area (Å²) < 4.78 is 6.82. The van der Waals surface area contributed by atoms with E-state index in [1.807, 2.05) is 30.7 Å². The molecule has 0 spiro atoms. The van der Waals surface area contributed by atoms with E-state index >= 15 is 0 Å². The van der Waals surface area contributed by atoms with E-state index in [2.05, 4.69) is 66.1 Å². The van der Waals surface area contributed by atoms with Gasteiger partial charge in [-0.2, -0.15) is 4.40 Å². The Morgan fingerprint density at radius 2 is 1.88 bits per heavy atom. The van der Waals surface area contributed by atoms with E-state index in [9.17, 15) is 0 Å². The monoisotopic (exact) mass is 324 g/mol. The topological polar surface area (TPSA) is 39.7 Å². The summed E-state index contributed by atoms with van der Waals surface area (Å²) in [4.78, 5) is 8.95. The zero-order valence-electron chi connectivity index (χ0n) is 13.4. The number of aromatic nitrogens is 5. The Balaban J connectivity index is 1.79. The molecule has 5 heteroatoms. The van der Waals surface area contributed by atoms with Crippen molar-refractivity contribution in [1.29, 1.82) is 0 Å². The average molecular weight is 324 g/mol. The molecule has 0 saturated heterocycles. The van der Waals surface area contributed by atoms with E-state index in [4.69, 9.17) is 0 Å². The van der Waals surface area contributed by atoms with Crippen LogP contribution in [0.4, 0.5) is 0 Å². The van der Waals surface area contributed by atoms with E-state index in [1.54, 1.807) is 0 Å². The highest BCUT2D eigenvalue weighted by Crippen LogP contribution is 2.33. The van der Waals surface area contributed by atoms with Gasteiger partial charge in [-0.15, -0.1) is 4.98 Å². The van der Waals surface area contributed by atoms with Gasteiger partial charge < -0.3 is 0 Å². The molecule has 1 aliphatic rings. The van der Waals surface area contributed by atoms with Crippen molar-refractivity contribution in [3.8, 4) is 16.9 Å². The van der Waals surface area contributed by atoms with E-state index < -0.39 is 0 Å². The first-order chi connectivity index (χ1) is 12.4. The lowest BCUT2D eigenvalue weighted by Gasteiger charge is -2.02. The average Bonchev–Trinajstić information content (AvgIpc) is 3.30. The van der Waals surface area contributed by atoms with Gasteiger partial charge in [-0.05, 0) is 35.9 Å². The molecule has 0 radical (unpaired) electrons. The molecule has 0 bridgehead atoms. The molecule has 1 aromatic carbocycles. The fourth-order valence-electron chi connectivity index (χ4n) is 3.89. The van der Waals surface area contributed by atoms with Crippen molar-refractivity contribution < 1.29 is 4.40 Å². The van der Waals surface area contributed by atoms with E-state index in [0.717, 1.165) is 29.2 Å². The number of benzene rings is 1. The molecule has 0 N–H and O–H groups in total. The minimum atomic E-state index is 0.854. The van der Waals surface area contributed by atoms with Gasteiger partial charge in [0.2, 0.25) is 0 Å². The summed E-state index contributed by atoms with van der Waals surface area (Å²) in [5.74, 6) is 1.12. The molecule has 118 valence electrons. The Morgan fingerprint density at radius 3 is 2.80 bits per heavy atom. The van der Waals surface area contributed by atoms with Gasteiger partial charge in [0.1, 0.15) is 5.69 Å². The highest BCUT2D eigenvalue weighted by atomic mass is 15.3. The van der Waals surface area contributed by atoms with Crippen LogP contribution in [0.5, 0.6) is 0 Å². The third kappa shape index (κ3) is 1.59. The van der Waals surface area contributed by atoms with Crippen LogP contribution >= 0.6 is 0 Å². The van der Waals surface area contributed by atoms with Gasteiger partial charge in [0.15, 0.2) is 5.52 Å². The molecule has 1 aliphatic heterocycles. The molecule has 0 atom stereocenters. The lowest BCUT2D eigenvalue weighted by Crippen LogP contribution is -2.19. The third-order valence-corrected chi connectivity index (χ3v) is 4.96. The van der Waals surface area contributed by atoms with Gasteiger partial charge in [0.05, 0.1) is 24.6 Å². The summed E-state index contributed by atoms with van der Waals surface area (Å²) in [7, 11) is 0. The fourth-order valence-corrected chi connectivity index (χ4v) is 3.89. The highest BCUT2D eigenvalue weighted by Gasteiger charge is 2.31. The van der Waals surface area contributed by atoms with E-state index in [1.165, 1.54) is 16.8 Å². The van der Waals surface area contributed by atoms with Crippen LogP contribution in [-0.2, 0) is 6.54 Å². The molecular weight excluding hydrogens is 310 g/mol. The van der Waals surface area contributed by atoms with Crippen LogP contribution in [0.3, 0.4) is 0 Å². The smallest absolute Gasteiger partial charge is 0.264 e. The number of hydrogen-bond acceptors (Lipinski definition) is 2. The maximum absolute atomic E-state index is 4.64. The van der Waals surface area contributed by atoms with Gasteiger partial charge in [-0.25, -0.2) is 9.13 Å². The van der Waals surface area contributed by atoms with E-state index in [0.29, 0.717) is 0 Å². The molecule has 0 amide bonds. The van der Waals surface area contributed by atoms with Gasteiger partial charge in [-0.3, -0.25) is 4.98 Å². The van der Waals surface area contributed by atoms with Crippen molar-refractivity contribution >= 4 is 16.9 Å². The first-order valence-electron chi connectivity index (χ1n) is 8.31. The molecule has 0 saturated carbocycles. The summed E-state index contributed by atoms with van der Waals surface area (Å²) in [6.45, 7) is 0.854. The number of nitrogens with zero attached hydrogens (tertiary/aromatic N) is 5. The molecule has 6 rings (SSSR count). The van der Waals surface area contributed by atoms with Crippen molar-refractivity contribution in [3.63, 3.8) is 0 Å². The Morgan fingerprint density at radius 1 is 0.960 bits per heavy atom. The maximum Gasteiger partial charge on any atom is 0.334 e. The predicted octanol–water partition coefficient (Wildman–Crippen LogP) is 2.99. The second kappa shape index (κ2) is 4.54. The predicted molar refractivity (Wildman–Crippen MR) is 94.6 cm³/mol. The molecule has 5 aromatic rings. The van der Waals surface area contributed by atoms with Crippen LogP contribution in [0.2, 0.25) is 0 Å². The number of rotatable bonds is 1. The Bertz CT molecular complexity index is 1260. The SMILES string of the molecule is c1ccc(-n2c3cccnc3[n+]3cc4n(c23)Cc2ccncc2-4)cc1. The maximum atomic E-state index is 4.64. The first-order valence-corrected chi connectivity index (χ1v) is 8.31. The highest BCUT2D eigenvalue weighted by molar-refractivity contribution is 5.77. The third-order valence-electron chi connectivity index (χ3n) is 4.96. The largest absolute Gasteiger partial charge is 0.334 e. The molecule has 0 fully saturated rings. The molecular formula is C20H14N5+. The number of para-hydroxylation sites is 1. The van der Waals surface area contributed by atoms with Crippen molar-refractivity contribution in [2.24, 2.45) is 0 Å². The number of fused-ring (bicyclic) bond motifs is 7. The Kier molecular flexibility index (Phi) is 2.34. The van der Waals surface area contributed by atoms with Gasteiger partial charge in [0, 0.05) is 18.0 Å². The standard InChI is InChI=1S/C20H14N5/c1-2-5-15(6-3-1)25-17-7-4-9-22-19(17)24-13-18-16-11-21-10-8-14(16)12-23(18)20(24)25/h1-11,13H,12H2/q+1. The summed E-state index contributed by atoms with van der Waals surface area (Å²) >= 11 is 0. The van der Waals surface area contributed by atoms with Crippen LogP contribution in [-0.4, -0.2) is 19.1 Å². The van der Waals surface area contributed by atoms with Gasteiger partial charge in [-0.1, -0.05) is 18.2 Å². The Labute approximate surface area is 143 Å². The lowest BCUT2D eigenvalue weighted by molar-refractivity contribution is -0.482. The van der Waals surface area contributed by atoms with Crippen molar-refractivity contribution in [2.75, 3.05) is 0 Å². The minimum Gasteiger partial charge on any atom is -0.264 e. The normalized spacial score (nSPS) is 12.6. The van der Waals surface area contributed by atoms with Gasteiger partial charge in [0.25, 0.3) is 5.65 Å². The van der Waals surface area contributed by atoms with E-state index in [-0.39, 0.29) is 0 Å². The van der Waals surface area contributed by atoms with Gasteiger partial charge >= 0.3 is 5.78 Å². The van der Waals surface area contributed by atoms with Crippen LogP contribution < -0.4 is 4.40 Å². The summed E-state index contributed by atoms with van der Waals surface area (Å²) in [6.07, 6.45) is 7.85. The van der Waals surface area contributed by atoms with Crippen LogP contribution in [0.25, 0.3) is 33.9 Å². The molecule has 4 aromatic heterocycles. The zero-order chi connectivity index (χ0) is 16.4. The van der Waals surface area contributed by atoms with Crippen LogP contribution in [0.15, 0.2) is 73.3 Å². The quantitative estimate of drug-likeness (QED) is 0.436. The molecule has 5 nitrogen and oxygen atoms in total. The molecule has 0 aliphatic carbocycles. The molecule has 5 heterocycles. The van der Waals surface area contributed by atoms with Crippen LogP contribution in [0, 0.1) is 0 Å². The van der Waals surface area contributed by atoms with Crippen LogP contribution in [0.1, 0.15) is 5.56 Å². The second-order valence-corrected chi connectivity index (χ2v) is 6.32. The minimum absolute atomic E-state index is 0.854. The first kappa shape index (κ1) is 12.9. The summed E-state index contributed by atoms with van der Waals surface area (Å²) in [5, 5.41) is 0. The second-order valence-electron chi connectivity index (χ2n) is 6.32. The lowest BCUT2D eigenvalue weighted by atomic mass is 10.1. The fraction of sp³-hybridized carbons (Fsp3) is 0.0500.